The number of hydrogen-bond donors (Lipinski definition) is 4. The fourth-order valence-corrected chi connectivity index (χ4v) is 9.63. The summed E-state index contributed by atoms with van der Waals surface area (Å²) in [5, 5.41) is 29.8. The number of piperazine rings is 1. The van der Waals surface area contributed by atoms with Crippen molar-refractivity contribution in [3.05, 3.63) is 0 Å². The first kappa shape index (κ1) is 51.6. The number of nitrogens with zero attached hydrogens (tertiary/aromatic N) is 4. The zero-order chi connectivity index (χ0) is 45.2. The summed E-state index contributed by atoms with van der Waals surface area (Å²) in [7, 11) is 9.40. The predicted molar refractivity (Wildman–Crippen MR) is 230 cm³/mol. The van der Waals surface area contributed by atoms with E-state index in [9.17, 15) is 24.6 Å². The van der Waals surface area contributed by atoms with Gasteiger partial charge < -0.3 is 64.0 Å². The monoisotopic (exact) mass is 871 g/mol. The van der Waals surface area contributed by atoms with E-state index in [-0.39, 0.29) is 55.0 Å². The largest absolute Gasteiger partial charge is 0.387 e. The number of ether oxygens (including phenoxy) is 6. The molecule has 4 rings (SSSR count). The van der Waals surface area contributed by atoms with Crippen molar-refractivity contribution in [3.8, 4) is 0 Å². The van der Waals surface area contributed by atoms with Crippen LogP contribution in [0.4, 0.5) is 0 Å². The summed E-state index contributed by atoms with van der Waals surface area (Å²) in [6, 6.07) is -0.103. The highest BCUT2D eigenvalue weighted by molar-refractivity contribution is 5.79. The maximum absolute atomic E-state index is 14.0. The Kier molecular flexibility index (Phi) is 19.7. The lowest BCUT2D eigenvalue weighted by molar-refractivity contribution is -0.320. The van der Waals surface area contributed by atoms with E-state index in [0.29, 0.717) is 52.0 Å². The summed E-state index contributed by atoms with van der Waals surface area (Å²) in [4.78, 5) is 48.0. The fourth-order valence-electron chi connectivity index (χ4n) is 9.63. The molecule has 4 saturated heterocycles. The lowest BCUT2D eigenvalue weighted by Crippen LogP contribution is -2.61. The van der Waals surface area contributed by atoms with Crippen LogP contribution in [0.15, 0.2) is 0 Å². The van der Waals surface area contributed by atoms with Crippen LogP contribution in [-0.4, -0.2) is 208 Å². The molecule has 354 valence electrons. The van der Waals surface area contributed by atoms with E-state index in [1.807, 2.05) is 41.8 Å². The number of aliphatic hydroxyl groups is 2. The molecular formula is C44H82N6O11. The van der Waals surface area contributed by atoms with Gasteiger partial charge in [-0.05, 0) is 80.4 Å². The second kappa shape index (κ2) is 23.2. The number of aliphatic hydroxyl groups excluding tert-OH is 1. The van der Waals surface area contributed by atoms with Crippen LogP contribution in [0, 0.1) is 17.8 Å². The third-order valence-corrected chi connectivity index (χ3v) is 13.4. The lowest BCUT2D eigenvalue weighted by Gasteiger charge is -2.49. The van der Waals surface area contributed by atoms with Crippen LogP contribution in [0.3, 0.4) is 0 Å². The number of nitrogens with one attached hydrogen (secondary N) is 2. The van der Waals surface area contributed by atoms with Crippen molar-refractivity contribution in [1.82, 2.24) is 30.2 Å². The van der Waals surface area contributed by atoms with Gasteiger partial charge in [-0.3, -0.25) is 19.3 Å². The van der Waals surface area contributed by atoms with Crippen LogP contribution in [0.5, 0.6) is 0 Å². The van der Waals surface area contributed by atoms with E-state index in [2.05, 4.69) is 32.4 Å². The number of methoxy groups -OCH3 is 1. The Morgan fingerprint density at radius 2 is 1.69 bits per heavy atom. The summed E-state index contributed by atoms with van der Waals surface area (Å²) in [5.74, 6) is -1.84. The van der Waals surface area contributed by atoms with E-state index in [1.165, 1.54) is 0 Å². The molecule has 4 heterocycles. The first-order valence-corrected chi connectivity index (χ1v) is 22.7. The Bertz CT molecular complexity index is 1390. The number of amides is 3. The van der Waals surface area contributed by atoms with Crippen LogP contribution in [-0.2, 0) is 42.8 Å². The maximum Gasteiger partial charge on any atom is 0.234 e. The maximum atomic E-state index is 14.0. The van der Waals surface area contributed by atoms with Gasteiger partial charge in [0, 0.05) is 91.4 Å². The molecule has 0 aromatic carbocycles. The predicted octanol–water partition coefficient (Wildman–Crippen LogP) is 1.28. The first-order valence-electron chi connectivity index (χ1n) is 22.7. The average molecular weight is 871 g/mol. The Morgan fingerprint density at radius 3 is 2.34 bits per heavy atom. The Morgan fingerprint density at radius 1 is 1.00 bits per heavy atom. The van der Waals surface area contributed by atoms with E-state index < -0.39 is 66.1 Å². The Balaban J connectivity index is 1.63. The van der Waals surface area contributed by atoms with Crippen LogP contribution >= 0.6 is 0 Å². The van der Waals surface area contributed by atoms with Crippen molar-refractivity contribution in [2.45, 2.75) is 153 Å². The summed E-state index contributed by atoms with van der Waals surface area (Å²) in [6.45, 7) is 18.5. The van der Waals surface area contributed by atoms with Gasteiger partial charge in [0.25, 0.3) is 0 Å². The summed E-state index contributed by atoms with van der Waals surface area (Å²) >= 11 is 0. The lowest BCUT2D eigenvalue weighted by atomic mass is 9.77. The minimum absolute atomic E-state index is 0.00647. The molecule has 0 saturated carbocycles. The molecule has 0 spiro atoms. The molecule has 17 nitrogen and oxygen atoms in total. The molecule has 4 fully saturated rings. The first-order chi connectivity index (χ1) is 28.6. The zero-order valence-corrected chi connectivity index (χ0v) is 39.4. The minimum Gasteiger partial charge on any atom is -0.387 e. The molecule has 0 unspecified atom stereocenters. The minimum atomic E-state index is -1.52. The molecule has 4 aliphatic rings. The van der Waals surface area contributed by atoms with Crippen molar-refractivity contribution in [1.29, 1.82) is 0 Å². The molecule has 3 amide bonds. The van der Waals surface area contributed by atoms with Crippen LogP contribution in [0.1, 0.15) is 87.0 Å². The number of carbonyl (C=O) groups excluding carboxylic acids is 3. The van der Waals surface area contributed by atoms with Crippen molar-refractivity contribution < 1.29 is 53.0 Å². The van der Waals surface area contributed by atoms with Gasteiger partial charge in [-0.2, -0.15) is 0 Å². The molecule has 0 aliphatic carbocycles. The van der Waals surface area contributed by atoms with E-state index in [1.54, 1.807) is 39.8 Å². The van der Waals surface area contributed by atoms with Gasteiger partial charge in [-0.25, -0.2) is 0 Å². The van der Waals surface area contributed by atoms with Gasteiger partial charge in [-0.1, -0.05) is 20.8 Å². The molecule has 17 heteroatoms. The second-order valence-corrected chi connectivity index (χ2v) is 19.3. The quantitative estimate of drug-likeness (QED) is 0.194. The van der Waals surface area contributed by atoms with Gasteiger partial charge in [0.1, 0.15) is 12.2 Å². The Labute approximate surface area is 365 Å². The van der Waals surface area contributed by atoms with Gasteiger partial charge in [0.2, 0.25) is 17.7 Å². The van der Waals surface area contributed by atoms with Crippen LogP contribution in [0.25, 0.3) is 0 Å². The third-order valence-electron chi connectivity index (χ3n) is 13.4. The van der Waals surface area contributed by atoms with Crippen molar-refractivity contribution in [2.24, 2.45) is 17.8 Å². The highest BCUT2D eigenvalue weighted by atomic mass is 16.7. The van der Waals surface area contributed by atoms with E-state index in [4.69, 9.17) is 28.4 Å². The summed E-state index contributed by atoms with van der Waals surface area (Å²) < 4.78 is 39.2. The van der Waals surface area contributed by atoms with Crippen molar-refractivity contribution in [3.63, 3.8) is 0 Å². The Hall–Kier alpha value is -2.03. The van der Waals surface area contributed by atoms with Gasteiger partial charge in [-0.15, -0.1) is 0 Å². The molecule has 0 bridgehead atoms. The van der Waals surface area contributed by atoms with Crippen molar-refractivity contribution >= 4 is 17.7 Å². The molecule has 4 aliphatic heterocycles. The van der Waals surface area contributed by atoms with Gasteiger partial charge >= 0.3 is 0 Å². The highest BCUT2D eigenvalue weighted by Crippen LogP contribution is 2.39. The molecule has 0 radical (unpaired) electrons. The zero-order valence-electron chi connectivity index (χ0n) is 39.4. The topological polar surface area (TPSA) is 184 Å². The standard InChI is InChI=1S/C44H82N6O11/c1-28-24-43(6,55)40(61-42-38(33(47(8)9)23-29(2)58-42)57-22-14-17-45-34(51)27-50-20-18-48(10)19-21-50)30(3)37(60-36-25-44(7,56-12)39(53)32(5)59-36)31(4)41(54)46-16-13-15-35(52)49(11)26-28/h28-33,36-40,42,53,55H,13-27H2,1-12H3,(H,45,51)(H,46,54)/t28-,29-,30+,31-,32+,33+,36+,37+,38-,39+,40-,42+,43-,44-/m1/s1. The summed E-state index contributed by atoms with van der Waals surface area (Å²) in [6.07, 6.45) is -3.46. The SMILES string of the molecule is CO[C@]1(C)C[C@H](O[C@H]2[C@H](C)[C@@H](O[C@@H]3O[C@H](C)C[C@H](N(C)C)[C@H]3OCCCNC(=O)CN3CCN(C)CC3)[C@](C)(O)C[C@@H](C)CN(C)C(=O)CCCNC(=O)[C@@H]2C)O[C@@H](C)[C@@H]1O. The van der Waals surface area contributed by atoms with Gasteiger partial charge in [0.15, 0.2) is 12.6 Å². The smallest absolute Gasteiger partial charge is 0.234 e. The number of likely N-dealkylation sites (N-methyl/N-ethyl adjacent to an activating group) is 2. The highest BCUT2D eigenvalue weighted by Gasteiger charge is 2.51. The number of hydrogen-bond acceptors (Lipinski definition) is 14. The average Bonchev–Trinajstić information content (AvgIpc) is 3.19. The van der Waals surface area contributed by atoms with Gasteiger partial charge in [0.05, 0.1) is 48.1 Å². The molecule has 14 atom stereocenters. The van der Waals surface area contributed by atoms with Crippen LogP contribution < -0.4 is 10.6 Å². The molecule has 0 aromatic heterocycles. The molecule has 4 N–H and O–H groups in total. The number of rotatable bonds is 13. The number of carbonyl (C=O) groups is 3. The molecule has 61 heavy (non-hydrogen) atoms. The summed E-state index contributed by atoms with van der Waals surface area (Å²) in [5.41, 5.74) is -2.49. The molecule has 0 aromatic rings. The normalized spacial score (nSPS) is 39.7. The molecular weight excluding hydrogens is 789 g/mol. The second-order valence-electron chi connectivity index (χ2n) is 19.3. The van der Waals surface area contributed by atoms with E-state index >= 15 is 0 Å². The van der Waals surface area contributed by atoms with Crippen molar-refractivity contribution in [2.75, 3.05) is 94.3 Å². The van der Waals surface area contributed by atoms with E-state index in [0.717, 1.165) is 26.2 Å². The fraction of sp³-hybridized carbons (Fsp3) is 0.932. The van der Waals surface area contributed by atoms with Crippen LogP contribution in [0.2, 0.25) is 0 Å². The third kappa shape index (κ3) is 14.5.